The minimum atomic E-state index is -4.20. The van der Waals surface area contributed by atoms with E-state index in [1.165, 1.54) is 68.9 Å². The summed E-state index contributed by atoms with van der Waals surface area (Å²) in [6, 6.07) is 6.24. The average molecular weight is 449 g/mol. The quantitative estimate of drug-likeness (QED) is 0.208. The minimum Gasteiger partial charge on any atom is -0.748 e. The summed E-state index contributed by atoms with van der Waals surface area (Å²) in [5.74, 6) is 0.486. The van der Waals surface area contributed by atoms with Crippen LogP contribution in [0.25, 0.3) is 0 Å². The summed E-state index contributed by atoms with van der Waals surface area (Å²) >= 11 is 0. The van der Waals surface area contributed by atoms with Crippen LogP contribution in [0.15, 0.2) is 18.2 Å². The van der Waals surface area contributed by atoms with E-state index in [0.717, 1.165) is 25.0 Å². The summed E-state index contributed by atoms with van der Waals surface area (Å²) in [6.07, 6.45) is 14.4. The molecule has 0 spiro atoms. The maximum Gasteiger partial charge on any atom is 1.00 e. The molecule has 0 N–H and O–H groups in total. The first kappa shape index (κ1) is 29.9. The number of unbranched alkanes of at least 4 members (excludes halogenated alkanes) is 8. The summed E-state index contributed by atoms with van der Waals surface area (Å²) < 4.78 is 38.9. The fourth-order valence-electron chi connectivity index (χ4n) is 3.65. The molecule has 0 saturated heterocycles. The Morgan fingerprint density at radius 2 is 1.47 bits per heavy atom. The Morgan fingerprint density at radius 3 is 2.03 bits per heavy atom. The number of benzene rings is 1. The van der Waals surface area contributed by atoms with Crippen molar-refractivity contribution >= 4 is 10.1 Å². The van der Waals surface area contributed by atoms with Crippen LogP contribution in [0, 0.1) is 0 Å². The summed E-state index contributed by atoms with van der Waals surface area (Å²) in [5.41, 5.74) is 2.63. The predicted molar refractivity (Wildman–Crippen MR) is 121 cm³/mol. The van der Waals surface area contributed by atoms with Crippen LogP contribution in [0.3, 0.4) is 0 Å². The molecule has 0 radical (unpaired) electrons. The van der Waals surface area contributed by atoms with Gasteiger partial charge in [-0.15, -0.1) is 0 Å². The SMILES string of the molecule is CCCCCCCc1cccc(OC(C)CCS(=O)(=O)[O-])c1CCCCCCC.[Na+]. The van der Waals surface area contributed by atoms with Crippen LogP contribution in [0.1, 0.15) is 103 Å². The molecule has 0 aliphatic rings. The Kier molecular flexibility index (Phi) is 17.4. The first-order valence-electron chi connectivity index (χ1n) is 11.6. The Morgan fingerprint density at radius 1 is 0.900 bits per heavy atom. The zero-order valence-corrected chi connectivity index (χ0v) is 22.6. The average Bonchev–Trinajstić information content (AvgIpc) is 2.67. The number of hydrogen-bond donors (Lipinski definition) is 0. The predicted octanol–water partition coefficient (Wildman–Crippen LogP) is 3.42. The van der Waals surface area contributed by atoms with E-state index in [9.17, 15) is 13.0 Å². The second-order valence-corrected chi connectivity index (χ2v) is 9.72. The van der Waals surface area contributed by atoms with Crippen LogP contribution in [-0.4, -0.2) is 24.8 Å². The van der Waals surface area contributed by atoms with Gasteiger partial charge in [0.05, 0.1) is 16.2 Å². The van der Waals surface area contributed by atoms with Crippen molar-refractivity contribution in [2.45, 2.75) is 110 Å². The second kappa shape index (κ2) is 17.5. The van der Waals surface area contributed by atoms with Crippen LogP contribution in [0.2, 0.25) is 0 Å². The maximum absolute atomic E-state index is 10.9. The molecule has 1 aromatic rings. The minimum absolute atomic E-state index is 0. The van der Waals surface area contributed by atoms with E-state index in [4.69, 9.17) is 4.74 Å². The fraction of sp³-hybridized carbons (Fsp3) is 0.750. The van der Waals surface area contributed by atoms with E-state index in [1.807, 2.05) is 19.1 Å². The van der Waals surface area contributed by atoms with E-state index in [1.54, 1.807) is 0 Å². The van der Waals surface area contributed by atoms with Crippen LogP contribution in [0.5, 0.6) is 5.75 Å². The van der Waals surface area contributed by atoms with Gasteiger partial charge >= 0.3 is 29.6 Å². The van der Waals surface area contributed by atoms with Gasteiger partial charge in [-0.3, -0.25) is 0 Å². The van der Waals surface area contributed by atoms with Gasteiger partial charge < -0.3 is 9.29 Å². The van der Waals surface area contributed by atoms with Gasteiger partial charge in [-0.05, 0) is 56.2 Å². The first-order chi connectivity index (χ1) is 13.9. The van der Waals surface area contributed by atoms with Gasteiger partial charge in [-0.25, -0.2) is 8.42 Å². The van der Waals surface area contributed by atoms with Crippen molar-refractivity contribution in [3.05, 3.63) is 29.3 Å². The van der Waals surface area contributed by atoms with E-state index >= 15 is 0 Å². The third-order valence-corrected chi connectivity index (χ3v) is 6.15. The molecule has 1 atom stereocenters. The molecule has 1 aromatic carbocycles. The van der Waals surface area contributed by atoms with Gasteiger partial charge in [0.15, 0.2) is 0 Å². The van der Waals surface area contributed by atoms with Crippen molar-refractivity contribution in [2.24, 2.45) is 0 Å². The van der Waals surface area contributed by atoms with Gasteiger partial charge in [0, 0.05) is 5.75 Å². The molecule has 4 nitrogen and oxygen atoms in total. The Hall–Kier alpha value is -0.0700. The van der Waals surface area contributed by atoms with Crippen LogP contribution in [0.4, 0.5) is 0 Å². The van der Waals surface area contributed by atoms with Crippen LogP contribution >= 0.6 is 0 Å². The van der Waals surface area contributed by atoms with Crippen molar-refractivity contribution in [3.8, 4) is 5.75 Å². The monoisotopic (exact) mass is 448 g/mol. The van der Waals surface area contributed by atoms with E-state index in [2.05, 4.69) is 19.9 Å². The maximum atomic E-state index is 10.9. The number of rotatable bonds is 17. The molecule has 0 heterocycles. The third kappa shape index (κ3) is 14.1. The van der Waals surface area contributed by atoms with Crippen molar-refractivity contribution in [3.63, 3.8) is 0 Å². The third-order valence-electron chi connectivity index (χ3n) is 5.41. The largest absolute Gasteiger partial charge is 1.00 e. The Balaban J connectivity index is 0.00000841. The molecule has 0 amide bonds. The summed E-state index contributed by atoms with van der Waals surface area (Å²) in [5, 5.41) is 0. The molecule has 1 unspecified atom stereocenters. The molecular weight excluding hydrogens is 407 g/mol. The molecule has 0 fully saturated rings. The standard InChI is InChI=1S/C24H42O4S.Na/c1-4-6-8-10-12-15-22-16-14-18-24(23(22)17-13-11-9-7-5-2)28-21(3)19-20-29(25,26)27;/h14,16,18,21H,4-13,15,17,19-20H2,1-3H3,(H,25,26,27);/q;+1/p-1. The molecule has 0 aliphatic carbocycles. The summed E-state index contributed by atoms with van der Waals surface area (Å²) in [6.45, 7) is 6.30. The fourth-order valence-corrected chi connectivity index (χ4v) is 4.27. The van der Waals surface area contributed by atoms with E-state index < -0.39 is 10.1 Å². The molecule has 0 aliphatic heterocycles. The van der Waals surface area contributed by atoms with Gasteiger partial charge in [-0.1, -0.05) is 77.3 Å². The molecular formula is C24H41NaO4S. The zero-order chi connectivity index (χ0) is 21.5. The molecule has 6 heteroatoms. The van der Waals surface area contributed by atoms with Crippen LogP contribution in [-0.2, 0) is 23.0 Å². The number of ether oxygens (including phenoxy) is 1. The molecule has 0 aromatic heterocycles. The smallest absolute Gasteiger partial charge is 0.748 e. The van der Waals surface area contributed by atoms with Crippen LogP contribution < -0.4 is 34.3 Å². The summed E-state index contributed by atoms with van der Waals surface area (Å²) in [7, 11) is -4.20. The molecule has 0 bridgehead atoms. The molecule has 30 heavy (non-hydrogen) atoms. The van der Waals surface area contributed by atoms with Crippen molar-refractivity contribution in [1.82, 2.24) is 0 Å². The number of hydrogen-bond acceptors (Lipinski definition) is 4. The Bertz CT molecular complexity index is 661. The van der Waals surface area contributed by atoms with Gasteiger partial charge in [0.1, 0.15) is 5.75 Å². The van der Waals surface area contributed by atoms with E-state index in [0.29, 0.717) is 0 Å². The number of aryl methyl sites for hydroxylation is 1. The summed E-state index contributed by atoms with van der Waals surface area (Å²) in [4.78, 5) is 0. The molecule has 0 saturated carbocycles. The first-order valence-corrected chi connectivity index (χ1v) is 13.2. The van der Waals surface area contributed by atoms with Crippen molar-refractivity contribution in [2.75, 3.05) is 5.75 Å². The van der Waals surface area contributed by atoms with Gasteiger partial charge in [0.25, 0.3) is 0 Å². The normalized spacial score (nSPS) is 12.4. The second-order valence-electron chi connectivity index (χ2n) is 8.20. The van der Waals surface area contributed by atoms with E-state index in [-0.39, 0.29) is 47.8 Å². The van der Waals surface area contributed by atoms with Crippen molar-refractivity contribution in [1.29, 1.82) is 0 Å². The van der Waals surface area contributed by atoms with Gasteiger partial charge in [-0.2, -0.15) is 0 Å². The molecule has 1 rings (SSSR count). The zero-order valence-electron chi connectivity index (χ0n) is 19.8. The Labute approximate surface area is 207 Å². The molecule has 168 valence electrons. The topological polar surface area (TPSA) is 66.4 Å². The van der Waals surface area contributed by atoms with Gasteiger partial charge in [0.2, 0.25) is 0 Å². The van der Waals surface area contributed by atoms with Crippen molar-refractivity contribution < 1.29 is 47.3 Å².